The van der Waals surface area contributed by atoms with Crippen molar-refractivity contribution in [3.05, 3.63) is 11.7 Å². The van der Waals surface area contributed by atoms with Crippen LogP contribution < -0.4 is 0 Å². The van der Waals surface area contributed by atoms with Crippen molar-refractivity contribution in [3.8, 4) is 0 Å². The van der Waals surface area contributed by atoms with Crippen molar-refractivity contribution < 1.29 is 8.78 Å². The zero-order valence-corrected chi connectivity index (χ0v) is 9.24. The molecule has 2 heterocycles. The Labute approximate surface area is 84.8 Å². The van der Waals surface area contributed by atoms with Crippen LogP contribution in [0, 0.1) is 0 Å². The fourth-order valence-electron chi connectivity index (χ4n) is 2.42. The van der Waals surface area contributed by atoms with Gasteiger partial charge in [-0.15, -0.1) is 0 Å². The molecule has 0 aromatic heterocycles. The highest BCUT2D eigenvalue weighted by atomic mass is 19.3. The molecule has 0 aromatic carbocycles. The highest BCUT2D eigenvalue weighted by Crippen LogP contribution is 2.41. The summed E-state index contributed by atoms with van der Waals surface area (Å²) in [7, 11) is 0. The van der Waals surface area contributed by atoms with Gasteiger partial charge in [0, 0.05) is 17.7 Å². The Morgan fingerprint density at radius 1 is 1.36 bits per heavy atom. The van der Waals surface area contributed by atoms with Gasteiger partial charge in [0.25, 0.3) is 6.08 Å². The van der Waals surface area contributed by atoms with E-state index in [1.165, 1.54) is 0 Å². The third kappa shape index (κ3) is 1.97. The Balaban J connectivity index is 0.000000461. The topological polar surface area (TPSA) is 3.24 Å². The van der Waals surface area contributed by atoms with E-state index in [-0.39, 0.29) is 5.54 Å². The van der Waals surface area contributed by atoms with Crippen molar-refractivity contribution in [2.75, 3.05) is 13.1 Å². The molecule has 0 radical (unpaired) electrons. The lowest BCUT2D eigenvalue weighted by Gasteiger charge is -2.25. The number of rotatable bonds is 0. The molecule has 2 aliphatic rings. The molecular formula is C11H19F2N. The number of fused-ring (bicyclic) bond motifs is 1. The van der Waals surface area contributed by atoms with Crippen LogP contribution in [0.5, 0.6) is 0 Å². The number of halogens is 2. The van der Waals surface area contributed by atoms with Gasteiger partial charge in [0.2, 0.25) is 0 Å². The summed E-state index contributed by atoms with van der Waals surface area (Å²) in [5.41, 5.74) is 0.413. The van der Waals surface area contributed by atoms with Crippen molar-refractivity contribution >= 4 is 0 Å². The van der Waals surface area contributed by atoms with Crippen LogP contribution in [-0.4, -0.2) is 23.5 Å². The summed E-state index contributed by atoms with van der Waals surface area (Å²) in [6, 6.07) is 0. The lowest BCUT2D eigenvalue weighted by Crippen LogP contribution is -2.34. The van der Waals surface area contributed by atoms with E-state index in [9.17, 15) is 8.78 Å². The third-order valence-corrected chi connectivity index (χ3v) is 3.15. The minimum Gasteiger partial charge on any atom is -0.293 e. The quantitative estimate of drug-likeness (QED) is 0.583. The molecular weight excluding hydrogens is 184 g/mol. The van der Waals surface area contributed by atoms with Gasteiger partial charge in [-0.2, -0.15) is 8.78 Å². The van der Waals surface area contributed by atoms with E-state index in [0.29, 0.717) is 18.5 Å². The summed E-state index contributed by atoms with van der Waals surface area (Å²) in [6.45, 7) is 7.59. The number of hydrogen-bond donors (Lipinski definition) is 0. The predicted molar refractivity (Wildman–Crippen MR) is 54.4 cm³/mol. The van der Waals surface area contributed by atoms with Crippen LogP contribution in [-0.2, 0) is 0 Å². The van der Waals surface area contributed by atoms with Crippen molar-refractivity contribution in [3.63, 3.8) is 0 Å². The van der Waals surface area contributed by atoms with E-state index in [0.717, 1.165) is 19.4 Å². The van der Waals surface area contributed by atoms with Crippen LogP contribution in [0.25, 0.3) is 0 Å². The maximum absolute atomic E-state index is 12.3. The van der Waals surface area contributed by atoms with Crippen LogP contribution in [0.2, 0.25) is 0 Å². The highest BCUT2D eigenvalue weighted by Gasteiger charge is 2.43. The summed E-state index contributed by atoms with van der Waals surface area (Å²) in [5, 5.41) is 0. The van der Waals surface area contributed by atoms with Gasteiger partial charge in [0.05, 0.1) is 0 Å². The van der Waals surface area contributed by atoms with Gasteiger partial charge in [0.1, 0.15) is 0 Å². The molecule has 2 aliphatic heterocycles. The largest absolute Gasteiger partial charge is 0.293 e. The van der Waals surface area contributed by atoms with E-state index < -0.39 is 6.08 Å². The lowest BCUT2D eigenvalue weighted by atomic mass is 9.95. The number of hydrogen-bond acceptors (Lipinski definition) is 1. The Hall–Kier alpha value is -0.440. The standard InChI is InChI=1S/C9H13F2N.C2H6/c1-9-3-2-4-12(9)6-7(5-9)8(10)11;1-2/h2-6H2,1H3;1-2H3. The first kappa shape index (κ1) is 11.6. The van der Waals surface area contributed by atoms with Gasteiger partial charge in [-0.3, -0.25) is 4.90 Å². The fourth-order valence-corrected chi connectivity index (χ4v) is 2.42. The normalized spacial score (nSPS) is 31.1. The second-order valence-electron chi connectivity index (χ2n) is 4.06. The maximum atomic E-state index is 12.3. The van der Waals surface area contributed by atoms with E-state index in [1.54, 1.807) is 0 Å². The van der Waals surface area contributed by atoms with Gasteiger partial charge in [-0.05, 0) is 32.7 Å². The zero-order chi connectivity index (χ0) is 10.8. The molecule has 14 heavy (non-hydrogen) atoms. The van der Waals surface area contributed by atoms with Crippen molar-refractivity contribution in [2.45, 2.75) is 45.6 Å². The summed E-state index contributed by atoms with van der Waals surface area (Å²) in [6.07, 6.45) is 1.36. The van der Waals surface area contributed by atoms with Crippen LogP contribution in [0.4, 0.5) is 8.78 Å². The molecule has 0 N–H and O–H groups in total. The molecule has 1 atom stereocenters. The SMILES string of the molecule is CC.CC12CCCN1CC(=C(F)F)C2. The molecule has 0 spiro atoms. The van der Waals surface area contributed by atoms with Crippen LogP contribution in [0.15, 0.2) is 11.7 Å². The second-order valence-corrected chi connectivity index (χ2v) is 4.06. The molecule has 0 amide bonds. The molecule has 0 aliphatic carbocycles. The molecule has 2 fully saturated rings. The second kappa shape index (κ2) is 4.39. The molecule has 1 nitrogen and oxygen atoms in total. The van der Waals surface area contributed by atoms with Gasteiger partial charge >= 0.3 is 0 Å². The van der Waals surface area contributed by atoms with Crippen LogP contribution in [0.1, 0.15) is 40.0 Å². The average molecular weight is 203 g/mol. The van der Waals surface area contributed by atoms with E-state index in [1.807, 2.05) is 13.8 Å². The van der Waals surface area contributed by atoms with Gasteiger partial charge in [0.15, 0.2) is 0 Å². The first-order valence-electron chi connectivity index (χ1n) is 5.40. The smallest absolute Gasteiger partial charge is 0.270 e. The molecule has 0 saturated carbocycles. The molecule has 2 rings (SSSR count). The summed E-state index contributed by atoms with van der Waals surface area (Å²) in [5.74, 6) is 0. The fraction of sp³-hybridized carbons (Fsp3) is 0.818. The average Bonchev–Trinajstić information content (AvgIpc) is 2.62. The van der Waals surface area contributed by atoms with E-state index >= 15 is 0 Å². The van der Waals surface area contributed by atoms with E-state index in [2.05, 4.69) is 11.8 Å². The molecule has 0 bridgehead atoms. The van der Waals surface area contributed by atoms with Gasteiger partial charge in [-0.1, -0.05) is 13.8 Å². The molecule has 1 unspecified atom stereocenters. The zero-order valence-electron chi connectivity index (χ0n) is 9.24. The summed E-state index contributed by atoms with van der Waals surface area (Å²) < 4.78 is 24.5. The van der Waals surface area contributed by atoms with Crippen LogP contribution in [0.3, 0.4) is 0 Å². The Bertz CT molecular complexity index is 233. The Kier molecular flexibility index (Phi) is 3.65. The number of nitrogens with zero attached hydrogens (tertiary/aromatic N) is 1. The third-order valence-electron chi connectivity index (χ3n) is 3.15. The Morgan fingerprint density at radius 2 is 2.00 bits per heavy atom. The minimum atomic E-state index is -1.45. The molecule has 0 aromatic rings. The maximum Gasteiger partial charge on any atom is 0.270 e. The molecule has 2 saturated heterocycles. The summed E-state index contributed by atoms with van der Waals surface area (Å²) >= 11 is 0. The van der Waals surface area contributed by atoms with Gasteiger partial charge in [-0.25, -0.2) is 0 Å². The van der Waals surface area contributed by atoms with E-state index in [4.69, 9.17) is 0 Å². The Morgan fingerprint density at radius 3 is 2.50 bits per heavy atom. The monoisotopic (exact) mass is 203 g/mol. The predicted octanol–water partition coefficient (Wildman–Crippen LogP) is 3.42. The van der Waals surface area contributed by atoms with Crippen molar-refractivity contribution in [1.29, 1.82) is 0 Å². The first-order chi connectivity index (χ1) is 6.62. The first-order valence-corrected chi connectivity index (χ1v) is 5.40. The van der Waals surface area contributed by atoms with Crippen LogP contribution >= 0.6 is 0 Å². The minimum absolute atomic E-state index is 0.0543. The van der Waals surface area contributed by atoms with Crippen molar-refractivity contribution in [1.82, 2.24) is 4.90 Å². The summed E-state index contributed by atoms with van der Waals surface area (Å²) in [4.78, 5) is 2.18. The molecule has 3 heteroatoms. The molecule has 82 valence electrons. The lowest BCUT2D eigenvalue weighted by molar-refractivity contribution is 0.218. The highest BCUT2D eigenvalue weighted by molar-refractivity contribution is 5.19. The van der Waals surface area contributed by atoms with Gasteiger partial charge < -0.3 is 0 Å². The van der Waals surface area contributed by atoms with Crippen molar-refractivity contribution in [2.24, 2.45) is 0 Å².